The second kappa shape index (κ2) is 5.44. The van der Waals surface area contributed by atoms with Crippen LogP contribution in [0.1, 0.15) is 18.1 Å². The molecule has 0 spiro atoms. The molecule has 0 heterocycles. The molecule has 1 aromatic rings. The Labute approximate surface area is 109 Å². The van der Waals surface area contributed by atoms with Gasteiger partial charge in [-0.2, -0.15) is 26.3 Å². The molecule has 0 aromatic heterocycles. The van der Waals surface area contributed by atoms with Crippen LogP contribution in [0.5, 0.6) is 0 Å². The number of rotatable bonds is 3. The molecule has 1 aromatic carbocycles. The zero-order chi connectivity index (χ0) is 14.8. The summed E-state index contributed by atoms with van der Waals surface area (Å²) < 4.78 is 75.2. The number of carbonyl (C=O) groups is 1. The van der Waals surface area contributed by atoms with Crippen LogP contribution >= 0.6 is 11.8 Å². The van der Waals surface area contributed by atoms with E-state index >= 15 is 0 Å². The van der Waals surface area contributed by atoms with Crippen LogP contribution in [-0.4, -0.2) is 11.3 Å². The van der Waals surface area contributed by atoms with Gasteiger partial charge in [0.15, 0.2) is 0 Å². The lowest BCUT2D eigenvalue weighted by molar-refractivity contribution is -0.140. The van der Waals surface area contributed by atoms with Crippen molar-refractivity contribution < 1.29 is 31.1 Å². The predicted molar refractivity (Wildman–Crippen MR) is 57.7 cm³/mol. The van der Waals surface area contributed by atoms with Gasteiger partial charge in [-0.15, -0.1) is 0 Å². The minimum atomic E-state index is -4.94. The molecule has 8 heteroatoms. The summed E-state index contributed by atoms with van der Waals surface area (Å²) in [7, 11) is 0. The van der Waals surface area contributed by atoms with Crippen molar-refractivity contribution in [1.29, 1.82) is 0 Å². The third kappa shape index (κ3) is 4.77. The van der Waals surface area contributed by atoms with E-state index in [9.17, 15) is 31.1 Å². The van der Waals surface area contributed by atoms with Gasteiger partial charge in [0.05, 0.1) is 5.56 Å². The highest BCUT2D eigenvalue weighted by atomic mass is 32.2. The lowest BCUT2D eigenvalue weighted by Gasteiger charge is -2.17. The molecule has 1 nitrogen and oxygen atoms in total. The number of Topliss-reactive ketones (excluding diaryl/α,β-unsaturated/α-hetero) is 1. The molecule has 0 fully saturated rings. The second-order valence-corrected chi connectivity index (χ2v) is 4.82. The predicted octanol–water partition coefficient (Wildman–Crippen LogP) is 4.45. The van der Waals surface area contributed by atoms with Gasteiger partial charge in [0.1, 0.15) is 5.78 Å². The molecule has 0 N–H and O–H groups in total. The van der Waals surface area contributed by atoms with Crippen molar-refractivity contribution in [2.75, 3.05) is 0 Å². The fourth-order valence-corrected chi connectivity index (χ4v) is 2.27. The van der Waals surface area contributed by atoms with E-state index in [4.69, 9.17) is 0 Å². The normalized spacial score (nSPS) is 12.6. The van der Waals surface area contributed by atoms with Gasteiger partial charge in [-0.25, -0.2) is 0 Å². The summed E-state index contributed by atoms with van der Waals surface area (Å²) in [6.07, 6.45) is -5.50. The highest BCUT2D eigenvalue weighted by Crippen LogP contribution is 2.45. The minimum Gasteiger partial charge on any atom is -0.300 e. The van der Waals surface area contributed by atoms with Crippen LogP contribution in [0.4, 0.5) is 26.3 Å². The van der Waals surface area contributed by atoms with Gasteiger partial charge in [-0.3, -0.25) is 4.79 Å². The van der Waals surface area contributed by atoms with Crippen LogP contribution in [-0.2, 0) is 17.4 Å². The number of hydrogen-bond acceptors (Lipinski definition) is 2. The molecular weight excluding hydrogens is 294 g/mol. The maximum atomic E-state index is 12.8. The third-order valence-electron chi connectivity index (χ3n) is 2.06. The average Bonchev–Trinajstić information content (AvgIpc) is 2.11. The van der Waals surface area contributed by atoms with E-state index in [1.807, 2.05) is 0 Å². The van der Waals surface area contributed by atoms with Gasteiger partial charge in [0.25, 0.3) is 0 Å². The highest BCUT2D eigenvalue weighted by Gasteiger charge is 2.40. The Kier molecular flexibility index (Phi) is 4.54. The number of thioether (sulfide) groups is 1. The summed E-state index contributed by atoms with van der Waals surface area (Å²) in [6, 6.07) is 2.82. The van der Waals surface area contributed by atoms with Crippen molar-refractivity contribution in [3.05, 3.63) is 29.3 Å². The molecular formula is C11H8F6OS. The van der Waals surface area contributed by atoms with E-state index in [2.05, 4.69) is 0 Å². The smallest absolute Gasteiger partial charge is 0.300 e. The zero-order valence-corrected chi connectivity index (χ0v) is 10.3. The molecule has 0 atom stereocenters. The minimum absolute atomic E-state index is 0.450. The number of hydrogen-bond donors (Lipinski definition) is 0. The lowest BCUT2D eigenvalue weighted by atomic mass is 10.0. The van der Waals surface area contributed by atoms with E-state index in [0.29, 0.717) is 0 Å². The molecule has 19 heavy (non-hydrogen) atoms. The SMILES string of the molecule is CC(=O)Cc1cccc(SC(F)(F)F)c1C(F)(F)F. The molecule has 0 unspecified atom stereocenters. The summed E-state index contributed by atoms with van der Waals surface area (Å²) >= 11 is -0.836. The van der Waals surface area contributed by atoms with Crippen molar-refractivity contribution in [1.82, 2.24) is 0 Å². The highest BCUT2D eigenvalue weighted by molar-refractivity contribution is 8.00. The van der Waals surface area contributed by atoms with Crippen molar-refractivity contribution >= 4 is 17.5 Å². The van der Waals surface area contributed by atoms with Crippen molar-refractivity contribution in [2.24, 2.45) is 0 Å². The topological polar surface area (TPSA) is 17.1 Å². The molecule has 0 radical (unpaired) electrons. The van der Waals surface area contributed by atoms with E-state index in [1.165, 1.54) is 0 Å². The number of carbonyl (C=O) groups excluding carboxylic acids is 1. The Morgan fingerprint density at radius 1 is 1.16 bits per heavy atom. The summed E-state index contributed by atoms with van der Waals surface area (Å²) in [5.41, 5.74) is -6.67. The first-order valence-electron chi connectivity index (χ1n) is 4.95. The van der Waals surface area contributed by atoms with Crippen LogP contribution in [0.2, 0.25) is 0 Å². The Balaban J connectivity index is 3.35. The summed E-state index contributed by atoms with van der Waals surface area (Å²) in [4.78, 5) is 9.95. The van der Waals surface area contributed by atoms with E-state index in [0.717, 1.165) is 25.1 Å². The molecule has 0 amide bonds. The van der Waals surface area contributed by atoms with E-state index in [1.54, 1.807) is 0 Å². The zero-order valence-electron chi connectivity index (χ0n) is 9.52. The average molecular weight is 302 g/mol. The quantitative estimate of drug-likeness (QED) is 0.606. The van der Waals surface area contributed by atoms with Crippen LogP contribution in [0.15, 0.2) is 23.1 Å². The first-order chi connectivity index (χ1) is 8.50. The van der Waals surface area contributed by atoms with Gasteiger partial charge in [0, 0.05) is 11.3 Å². The Bertz CT molecular complexity index is 477. The molecule has 0 saturated heterocycles. The lowest BCUT2D eigenvalue weighted by Crippen LogP contribution is -2.14. The summed E-state index contributed by atoms with van der Waals surface area (Å²) in [5.74, 6) is -0.556. The standard InChI is InChI=1S/C11H8F6OS/c1-6(18)5-7-3-2-4-8(19-11(15,16)17)9(7)10(12,13)14/h2-4H,5H2,1H3. The van der Waals surface area contributed by atoms with Gasteiger partial charge in [-0.1, -0.05) is 12.1 Å². The summed E-state index contributed by atoms with van der Waals surface area (Å²) in [5, 5.41) is 0. The van der Waals surface area contributed by atoms with Crippen LogP contribution < -0.4 is 0 Å². The maximum Gasteiger partial charge on any atom is 0.446 e. The van der Waals surface area contributed by atoms with Gasteiger partial charge in [-0.05, 0) is 30.3 Å². The first kappa shape index (κ1) is 15.9. The van der Waals surface area contributed by atoms with E-state index in [-0.39, 0.29) is 0 Å². The molecule has 0 saturated carbocycles. The molecule has 0 bridgehead atoms. The second-order valence-electron chi connectivity index (χ2n) is 3.71. The molecule has 1 rings (SSSR count). The number of benzene rings is 1. The fraction of sp³-hybridized carbons (Fsp3) is 0.364. The van der Waals surface area contributed by atoms with Crippen molar-refractivity contribution in [3.63, 3.8) is 0 Å². The first-order valence-corrected chi connectivity index (χ1v) is 5.76. The molecule has 106 valence electrons. The monoisotopic (exact) mass is 302 g/mol. The van der Waals surface area contributed by atoms with Gasteiger partial charge in [0.2, 0.25) is 0 Å². The number of alkyl halides is 6. The Hall–Kier alpha value is -1.18. The molecule has 0 aliphatic carbocycles. The van der Waals surface area contributed by atoms with Crippen LogP contribution in [0.3, 0.4) is 0 Å². The Morgan fingerprint density at radius 3 is 2.16 bits per heavy atom. The van der Waals surface area contributed by atoms with E-state index < -0.39 is 51.7 Å². The van der Waals surface area contributed by atoms with Crippen molar-refractivity contribution in [3.8, 4) is 0 Å². The molecule has 0 aliphatic heterocycles. The van der Waals surface area contributed by atoms with Gasteiger partial charge < -0.3 is 0 Å². The number of halogens is 6. The summed E-state index contributed by atoms with van der Waals surface area (Å²) in [6.45, 7) is 1.07. The van der Waals surface area contributed by atoms with Crippen LogP contribution in [0, 0.1) is 0 Å². The maximum absolute atomic E-state index is 12.8. The fourth-order valence-electron chi connectivity index (χ4n) is 1.52. The molecule has 0 aliphatic rings. The van der Waals surface area contributed by atoms with Crippen molar-refractivity contribution in [2.45, 2.75) is 29.9 Å². The van der Waals surface area contributed by atoms with Gasteiger partial charge >= 0.3 is 11.7 Å². The third-order valence-corrected chi connectivity index (χ3v) is 2.85. The Morgan fingerprint density at radius 2 is 1.74 bits per heavy atom. The van der Waals surface area contributed by atoms with Crippen LogP contribution in [0.25, 0.3) is 0 Å². The number of ketones is 1. The largest absolute Gasteiger partial charge is 0.446 e.